The van der Waals surface area contributed by atoms with Gasteiger partial charge in [0.15, 0.2) is 5.78 Å². The summed E-state index contributed by atoms with van der Waals surface area (Å²) in [5, 5.41) is 0. The Bertz CT molecular complexity index is 914. The Balaban J connectivity index is 0.00000216. The van der Waals surface area contributed by atoms with E-state index < -0.39 is 11.7 Å². The molecule has 0 saturated carbocycles. The van der Waals surface area contributed by atoms with Crippen LogP contribution < -0.4 is 4.90 Å². The molecule has 0 aliphatic carbocycles. The number of rotatable bonds is 7. The number of benzene rings is 2. The predicted octanol–water partition coefficient (Wildman–Crippen LogP) is 5.66. The summed E-state index contributed by atoms with van der Waals surface area (Å²) in [6.45, 7) is 6.71. The van der Waals surface area contributed by atoms with Crippen LogP contribution in [0.25, 0.3) is 0 Å². The number of ketones is 1. The average molecular weight is 532 g/mol. The minimum atomic E-state index is -4.30. The van der Waals surface area contributed by atoms with Gasteiger partial charge in [0, 0.05) is 37.4 Å². The highest BCUT2D eigenvalue weighted by Gasteiger charge is 2.31. The molecule has 2 aromatic carbocycles. The quantitative estimate of drug-likeness (QED) is 0.431. The first kappa shape index (κ1) is 29.4. The minimum Gasteiger partial charge on any atom is -0.369 e. The zero-order valence-electron chi connectivity index (χ0n) is 19.8. The van der Waals surface area contributed by atoms with Gasteiger partial charge >= 0.3 is 6.18 Å². The maximum absolute atomic E-state index is 13.0. The molecule has 4 nitrogen and oxygen atoms in total. The molecule has 0 unspecified atom stereocenters. The second kappa shape index (κ2) is 13.5. The van der Waals surface area contributed by atoms with Gasteiger partial charge in [-0.2, -0.15) is 13.2 Å². The standard InChI is InChI=1S/C26H32F3N3O.2ClH/c27-26(28,29)23-7-4-8-24(19-23)32-17-15-30(16-18-32)12-9-21-10-13-31(14-11-21)20-25(33)22-5-2-1-3-6-22;;/h1-8,19,21H,9-18,20H2;2*1H. The van der Waals surface area contributed by atoms with Crippen molar-refractivity contribution in [3.05, 3.63) is 65.7 Å². The van der Waals surface area contributed by atoms with E-state index in [0.29, 0.717) is 18.2 Å². The minimum absolute atomic E-state index is 0. The van der Waals surface area contributed by atoms with Crippen molar-refractivity contribution < 1.29 is 18.0 Å². The lowest BCUT2D eigenvalue weighted by molar-refractivity contribution is -0.137. The van der Waals surface area contributed by atoms with E-state index in [9.17, 15) is 18.0 Å². The maximum atomic E-state index is 13.0. The summed E-state index contributed by atoms with van der Waals surface area (Å²) in [6, 6.07) is 15.1. The molecular formula is C26H34Cl2F3N3O. The molecule has 0 spiro atoms. The Morgan fingerprint density at radius 1 is 0.829 bits per heavy atom. The van der Waals surface area contributed by atoms with Crippen LogP contribution in [-0.4, -0.2) is 67.9 Å². The summed E-state index contributed by atoms with van der Waals surface area (Å²) in [5.41, 5.74) is 0.852. The number of hydrogen-bond donors (Lipinski definition) is 0. The summed E-state index contributed by atoms with van der Waals surface area (Å²) in [7, 11) is 0. The van der Waals surface area contributed by atoms with Crippen LogP contribution in [0.1, 0.15) is 35.2 Å². The second-order valence-corrected chi connectivity index (χ2v) is 9.17. The molecule has 2 aliphatic rings. The van der Waals surface area contributed by atoms with Crippen LogP contribution in [0, 0.1) is 5.92 Å². The SMILES string of the molecule is Cl.Cl.O=C(CN1CCC(CCN2CCN(c3cccc(C(F)(F)F)c3)CC2)CC1)c1ccccc1. The molecule has 0 aromatic heterocycles. The molecule has 2 fully saturated rings. The number of anilines is 1. The number of Topliss-reactive ketones (excluding diaryl/α,β-unsaturated/α-hetero) is 1. The van der Waals surface area contributed by atoms with Gasteiger partial charge in [0.1, 0.15) is 0 Å². The van der Waals surface area contributed by atoms with Gasteiger partial charge in [0.25, 0.3) is 0 Å². The fraction of sp³-hybridized carbons (Fsp3) is 0.500. The number of likely N-dealkylation sites (tertiary alicyclic amines) is 1. The van der Waals surface area contributed by atoms with Crippen LogP contribution in [0.4, 0.5) is 18.9 Å². The van der Waals surface area contributed by atoms with Crippen LogP contribution >= 0.6 is 24.8 Å². The van der Waals surface area contributed by atoms with Crippen LogP contribution in [-0.2, 0) is 6.18 Å². The van der Waals surface area contributed by atoms with Gasteiger partial charge in [-0.15, -0.1) is 24.8 Å². The Hall–Kier alpha value is -1.80. The van der Waals surface area contributed by atoms with E-state index >= 15 is 0 Å². The summed E-state index contributed by atoms with van der Waals surface area (Å²) < 4.78 is 39.0. The summed E-state index contributed by atoms with van der Waals surface area (Å²) in [4.78, 5) is 19.2. The number of carbonyl (C=O) groups excluding carboxylic acids is 1. The molecule has 2 aromatic rings. The molecule has 2 heterocycles. The molecule has 194 valence electrons. The van der Waals surface area contributed by atoms with E-state index in [1.54, 1.807) is 6.07 Å². The lowest BCUT2D eigenvalue weighted by Gasteiger charge is -2.37. The van der Waals surface area contributed by atoms with Gasteiger partial charge in [0.2, 0.25) is 0 Å². The number of alkyl halides is 3. The molecule has 4 rings (SSSR count). The third kappa shape index (κ3) is 8.38. The van der Waals surface area contributed by atoms with E-state index in [0.717, 1.165) is 76.7 Å². The van der Waals surface area contributed by atoms with Crippen LogP contribution in [0.3, 0.4) is 0 Å². The van der Waals surface area contributed by atoms with E-state index in [1.165, 1.54) is 12.1 Å². The molecule has 0 radical (unpaired) electrons. The van der Waals surface area contributed by atoms with Crippen molar-refractivity contribution in [3.63, 3.8) is 0 Å². The molecule has 9 heteroatoms. The van der Waals surface area contributed by atoms with Crippen LogP contribution in [0.2, 0.25) is 0 Å². The first-order valence-electron chi connectivity index (χ1n) is 11.8. The van der Waals surface area contributed by atoms with Crippen LogP contribution in [0.5, 0.6) is 0 Å². The van der Waals surface area contributed by atoms with Gasteiger partial charge in [0.05, 0.1) is 12.1 Å². The number of nitrogens with zero attached hydrogens (tertiary/aromatic N) is 3. The van der Waals surface area contributed by atoms with Crippen molar-refractivity contribution >= 4 is 36.3 Å². The van der Waals surface area contributed by atoms with Gasteiger partial charge < -0.3 is 4.90 Å². The number of piperazine rings is 1. The number of halogens is 5. The van der Waals surface area contributed by atoms with E-state index in [2.05, 4.69) is 9.80 Å². The normalized spacial score (nSPS) is 18.0. The van der Waals surface area contributed by atoms with E-state index in [4.69, 9.17) is 0 Å². The van der Waals surface area contributed by atoms with Crippen molar-refractivity contribution in [2.75, 3.05) is 57.3 Å². The zero-order chi connectivity index (χ0) is 23.3. The van der Waals surface area contributed by atoms with Gasteiger partial charge in [-0.3, -0.25) is 14.6 Å². The molecule has 2 aliphatic heterocycles. The van der Waals surface area contributed by atoms with Crippen LogP contribution in [0.15, 0.2) is 54.6 Å². The maximum Gasteiger partial charge on any atom is 0.416 e. The first-order chi connectivity index (χ1) is 15.9. The fourth-order valence-corrected chi connectivity index (χ4v) is 4.83. The molecule has 0 bridgehead atoms. The summed E-state index contributed by atoms with van der Waals surface area (Å²) in [5.74, 6) is 0.863. The predicted molar refractivity (Wildman–Crippen MR) is 139 cm³/mol. The summed E-state index contributed by atoms with van der Waals surface area (Å²) in [6.07, 6.45) is -0.926. The lowest BCUT2D eigenvalue weighted by Crippen LogP contribution is -2.47. The van der Waals surface area contributed by atoms with E-state index in [1.807, 2.05) is 35.2 Å². The average Bonchev–Trinajstić information content (AvgIpc) is 2.84. The first-order valence-corrected chi connectivity index (χ1v) is 11.8. The summed E-state index contributed by atoms with van der Waals surface area (Å²) >= 11 is 0. The largest absolute Gasteiger partial charge is 0.416 e. The topological polar surface area (TPSA) is 26.8 Å². The third-order valence-electron chi connectivity index (χ3n) is 6.93. The zero-order valence-corrected chi connectivity index (χ0v) is 21.4. The Labute approximate surface area is 218 Å². The van der Waals surface area contributed by atoms with Gasteiger partial charge in [-0.05, 0) is 63.0 Å². The van der Waals surface area contributed by atoms with Crippen molar-refractivity contribution in [2.45, 2.75) is 25.4 Å². The fourth-order valence-electron chi connectivity index (χ4n) is 4.83. The Morgan fingerprint density at radius 2 is 1.49 bits per heavy atom. The molecule has 0 amide bonds. The number of hydrogen-bond acceptors (Lipinski definition) is 4. The van der Waals surface area contributed by atoms with Crippen molar-refractivity contribution in [3.8, 4) is 0 Å². The van der Waals surface area contributed by atoms with Gasteiger partial charge in [-0.25, -0.2) is 0 Å². The van der Waals surface area contributed by atoms with Crippen molar-refractivity contribution in [1.29, 1.82) is 0 Å². The molecule has 35 heavy (non-hydrogen) atoms. The van der Waals surface area contributed by atoms with E-state index in [-0.39, 0.29) is 30.6 Å². The monoisotopic (exact) mass is 531 g/mol. The molecule has 0 atom stereocenters. The lowest BCUT2D eigenvalue weighted by atomic mass is 9.93. The van der Waals surface area contributed by atoms with Crippen molar-refractivity contribution in [2.24, 2.45) is 5.92 Å². The highest BCUT2D eigenvalue weighted by atomic mass is 35.5. The smallest absolute Gasteiger partial charge is 0.369 e. The highest BCUT2D eigenvalue weighted by molar-refractivity contribution is 5.97. The third-order valence-corrected chi connectivity index (χ3v) is 6.93. The second-order valence-electron chi connectivity index (χ2n) is 9.17. The van der Waals surface area contributed by atoms with Crippen molar-refractivity contribution in [1.82, 2.24) is 9.80 Å². The van der Waals surface area contributed by atoms with Gasteiger partial charge in [-0.1, -0.05) is 36.4 Å². The molecule has 0 N–H and O–H groups in total. The molecular weight excluding hydrogens is 498 g/mol. The molecule has 2 saturated heterocycles. The number of carbonyl (C=O) groups is 1. The Morgan fingerprint density at radius 3 is 2.11 bits per heavy atom. The number of piperidine rings is 1. The Kier molecular flexibility index (Phi) is 11.3. The highest BCUT2D eigenvalue weighted by Crippen LogP contribution is 2.32.